The normalized spacial score (nSPS) is 12.3. The summed E-state index contributed by atoms with van der Waals surface area (Å²) >= 11 is 0. The number of methoxy groups -OCH3 is 1. The van der Waals surface area contributed by atoms with Crippen molar-refractivity contribution < 1.29 is 27.6 Å². The maximum atomic E-state index is 13.2. The van der Waals surface area contributed by atoms with Crippen LogP contribution in [0.5, 0.6) is 0 Å². The Labute approximate surface area is 158 Å². The number of ether oxygens (including phenoxy) is 1. The predicted molar refractivity (Wildman–Crippen MR) is 97.0 cm³/mol. The second-order valence-electron chi connectivity index (χ2n) is 5.97. The lowest BCUT2D eigenvalue weighted by Crippen LogP contribution is -2.32. The Balaban J connectivity index is 2.17. The van der Waals surface area contributed by atoms with Crippen molar-refractivity contribution in [2.45, 2.75) is 25.7 Å². The first-order valence-electron chi connectivity index (χ1n) is 8.12. The summed E-state index contributed by atoms with van der Waals surface area (Å²) in [7, 11) is 1.54. The molecule has 150 valence electrons. The van der Waals surface area contributed by atoms with Crippen molar-refractivity contribution in [2.75, 3.05) is 17.7 Å². The van der Waals surface area contributed by atoms with Crippen LogP contribution in [-0.2, 0) is 22.3 Å². The van der Waals surface area contributed by atoms with Crippen LogP contribution < -0.4 is 10.6 Å². The van der Waals surface area contributed by atoms with E-state index in [-0.39, 0.29) is 0 Å². The summed E-state index contributed by atoms with van der Waals surface area (Å²) in [6.45, 7) is 1.85. The average molecular weight is 397 g/mol. The smallest absolute Gasteiger partial charge is 0.380 e. The van der Waals surface area contributed by atoms with Gasteiger partial charge in [0.15, 0.2) is 0 Å². The third-order valence-corrected chi connectivity index (χ3v) is 3.79. The topological polar surface area (TPSA) is 93.5 Å². The van der Waals surface area contributed by atoms with Gasteiger partial charge in [0.05, 0.1) is 22.8 Å². The first-order chi connectivity index (χ1) is 13.1. The van der Waals surface area contributed by atoms with Gasteiger partial charge >= 0.3 is 6.18 Å². The van der Waals surface area contributed by atoms with Crippen LogP contribution in [0.4, 0.5) is 30.2 Å². The number of rotatable bonds is 7. The molecule has 1 amide bonds. The van der Waals surface area contributed by atoms with E-state index in [1.807, 2.05) is 6.07 Å². The Morgan fingerprint density at radius 2 is 1.96 bits per heavy atom. The molecule has 0 saturated carbocycles. The minimum absolute atomic E-state index is 0.369. The molecule has 2 aromatic carbocycles. The van der Waals surface area contributed by atoms with Crippen LogP contribution in [0.2, 0.25) is 0 Å². The summed E-state index contributed by atoms with van der Waals surface area (Å²) in [6.07, 6.45) is -4.86. The number of amides is 1. The largest absolute Gasteiger partial charge is 0.418 e. The van der Waals surface area contributed by atoms with Crippen molar-refractivity contribution in [3.05, 3.63) is 63.7 Å². The molecule has 10 heteroatoms. The Kier molecular flexibility index (Phi) is 6.57. The molecule has 2 rings (SSSR count). The fraction of sp³-hybridized carbons (Fsp3) is 0.278. The number of alkyl halides is 3. The number of hydrogen-bond acceptors (Lipinski definition) is 5. The van der Waals surface area contributed by atoms with Gasteiger partial charge in [0.2, 0.25) is 5.91 Å². The van der Waals surface area contributed by atoms with Gasteiger partial charge in [-0.1, -0.05) is 12.1 Å². The summed E-state index contributed by atoms with van der Waals surface area (Å²) in [4.78, 5) is 22.1. The molecule has 28 heavy (non-hydrogen) atoms. The number of carbonyl (C=O) groups is 1. The number of nitrogens with one attached hydrogen (secondary N) is 2. The van der Waals surface area contributed by atoms with Crippen LogP contribution in [0.15, 0.2) is 42.5 Å². The number of halogens is 3. The zero-order valence-electron chi connectivity index (χ0n) is 15.0. The number of non-ortho nitro benzene ring substituents is 1. The highest BCUT2D eigenvalue weighted by atomic mass is 19.4. The van der Waals surface area contributed by atoms with Gasteiger partial charge in [-0.25, -0.2) is 0 Å². The third kappa shape index (κ3) is 5.43. The molecule has 2 aromatic rings. The van der Waals surface area contributed by atoms with Gasteiger partial charge < -0.3 is 15.4 Å². The third-order valence-electron chi connectivity index (χ3n) is 3.79. The van der Waals surface area contributed by atoms with E-state index in [1.165, 1.54) is 6.92 Å². The van der Waals surface area contributed by atoms with Crippen molar-refractivity contribution in [2.24, 2.45) is 0 Å². The number of hydrogen-bond donors (Lipinski definition) is 2. The quantitative estimate of drug-likeness (QED) is 0.540. The number of nitro benzene ring substituents is 1. The van der Waals surface area contributed by atoms with Crippen LogP contribution in [-0.4, -0.2) is 24.0 Å². The highest BCUT2D eigenvalue weighted by molar-refractivity contribution is 5.97. The van der Waals surface area contributed by atoms with Crippen molar-refractivity contribution in [1.29, 1.82) is 0 Å². The molecule has 0 bridgehead atoms. The van der Waals surface area contributed by atoms with E-state index in [0.717, 1.165) is 17.7 Å². The molecule has 0 fully saturated rings. The molecule has 0 aliphatic heterocycles. The molecule has 7 nitrogen and oxygen atoms in total. The summed E-state index contributed by atoms with van der Waals surface area (Å²) in [6, 6.07) is 8.32. The van der Waals surface area contributed by atoms with Gasteiger partial charge in [0, 0.05) is 24.9 Å². The molecular formula is C18H18F3N3O4. The van der Waals surface area contributed by atoms with Crippen molar-refractivity contribution in [1.82, 2.24) is 0 Å². The van der Waals surface area contributed by atoms with Crippen LogP contribution >= 0.6 is 0 Å². The van der Waals surface area contributed by atoms with Crippen molar-refractivity contribution in [3.8, 4) is 0 Å². The van der Waals surface area contributed by atoms with Gasteiger partial charge in [-0.15, -0.1) is 0 Å². The second-order valence-corrected chi connectivity index (χ2v) is 5.97. The fourth-order valence-electron chi connectivity index (χ4n) is 2.46. The molecule has 0 radical (unpaired) electrons. The Hall–Kier alpha value is -3.14. The molecule has 0 aromatic heterocycles. The lowest BCUT2D eigenvalue weighted by atomic mass is 10.1. The lowest BCUT2D eigenvalue weighted by Gasteiger charge is -2.18. The fourth-order valence-corrected chi connectivity index (χ4v) is 2.46. The summed E-state index contributed by atoms with van der Waals surface area (Å²) in [5.74, 6) is -0.725. The van der Waals surface area contributed by atoms with Gasteiger partial charge in [0.25, 0.3) is 5.69 Å². The van der Waals surface area contributed by atoms with Crippen LogP contribution in [0.25, 0.3) is 0 Å². The van der Waals surface area contributed by atoms with E-state index in [2.05, 4.69) is 10.6 Å². The minimum atomic E-state index is -4.86. The number of anilines is 2. The molecular weight excluding hydrogens is 379 g/mol. The van der Waals surface area contributed by atoms with Gasteiger partial charge in [-0.05, 0) is 30.7 Å². The van der Waals surface area contributed by atoms with Crippen LogP contribution in [0, 0.1) is 10.1 Å². The molecule has 1 unspecified atom stereocenters. The first kappa shape index (κ1) is 21.2. The molecule has 0 aliphatic carbocycles. The Morgan fingerprint density at radius 3 is 2.57 bits per heavy atom. The molecule has 0 aliphatic rings. The number of carbonyl (C=O) groups excluding carboxylic acids is 1. The maximum absolute atomic E-state index is 13.2. The zero-order valence-corrected chi connectivity index (χ0v) is 15.0. The SMILES string of the molecule is COCc1cccc(NC(C)C(=O)Nc2ccc([N+](=O)[O-])cc2C(F)(F)F)c1. The maximum Gasteiger partial charge on any atom is 0.418 e. The van der Waals surface area contributed by atoms with E-state index in [4.69, 9.17) is 4.74 Å². The van der Waals surface area contributed by atoms with Crippen molar-refractivity contribution >= 4 is 23.0 Å². The van der Waals surface area contributed by atoms with Gasteiger partial charge in [0.1, 0.15) is 6.04 Å². The lowest BCUT2D eigenvalue weighted by molar-refractivity contribution is -0.385. The van der Waals surface area contributed by atoms with E-state index in [0.29, 0.717) is 18.4 Å². The standard InChI is InChI=1S/C18H18F3N3O4/c1-11(22-13-5-3-4-12(8-13)10-28-2)17(25)23-16-7-6-14(24(26)27)9-15(16)18(19,20)21/h3-9,11,22H,10H2,1-2H3,(H,23,25). The van der Waals surface area contributed by atoms with Crippen LogP contribution in [0.1, 0.15) is 18.1 Å². The Morgan fingerprint density at radius 1 is 1.25 bits per heavy atom. The van der Waals surface area contributed by atoms with Crippen LogP contribution in [0.3, 0.4) is 0 Å². The highest BCUT2D eigenvalue weighted by Gasteiger charge is 2.36. The van der Waals surface area contributed by atoms with Crippen molar-refractivity contribution in [3.63, 3.8) is 0 Å². The number of nitro groups is 1. The molecule has 2 N–H and O–H groups in total. The number of nitrogens with zero attached hydrogens (tertiary/aromatic N) is 1. The van der Waals surface area contributed by atoms with Gasteiger partial charge in [-0.3, -0.25) is 14.9 Å². The van der Waals surface area contributed by atoms with E-state index >= 15 is 0 Å². The van der Waals surface area contributed by atoms with E-state index in [9.17, 15) is 28.1 Å². The highest BCUT2D eigenvalue weighted by Crippen LogP contribution is 2.37. The second kappa shape index (κ2) is 8.70. The molecule has 0 saturated heterocycles. The summed E-state index contributed by atoms with van der Waals surface area (Å²) in [5.41, 5.74) is -1.10. The minimum Gasteiger partial charge on any atom is -0.380 e. The first-order valence-corrected chi connectivity index (χ1v) is 8.12. The zero-order chi connectivity index (χ0) is 20.9. The Bertz CT molecular complexity index is 871. The predicted octanol–water partition coefficient (Wildman–Crippen LogP) is 4.20. The van der Waals surface area contributed by atoms with E-state index in [1.54, 1.807) is 25.3 Å². The molecule has 0 spiro atoms. The summed E-state index contributed by atoms with van der Waals surface area (Å²) < 4.78 is 44.6. The van der Waals surface area contributed by atoms with Gasteiger partial charge in [-0.2, -0.15) is 13.2 Å². The van der Waals surface area contributed by atoms with E-state index < -0.39 is 40.0 Å². The molecule has 1 atom stereocenters. The molecule has 0 heterocycles. The monoisotopic (exact) mass is 397 g/mol. The summed E-state index contributed by atoms with van der Waals surface area (Å²) in [5, 5.41) is 15.8. The average Bonchev–Trinajstić information content (AvgIpc) is 2.61. The number of benzene rings is 2.